The van der Waals surface area contributed by atoms with E-state index in [4.69, 9.17) is 4.74 Å². The number of nitrogens with one attached hydrogen (secondary N) is 2. The number of hydrogen-bond donors (Lipinski definition) is 2. The van der Waals surface area contributed by atoms with Gasteiger partial charge >= 0.3 is 0 Å². The molecule has 100 valence electrons. The lowest BCUT2D eigenvalue weighted by Crippen LogP contribution is -2.18. The first-order chi connectivity index (χ1) is 9.38. The van der Waals surface area contributed by atoms with E-state index in [2.05, 4.69) is 24.7 Å². The smallest absolute Gasteiger partial charge is 0.237 e. The molecule has 3 heterocycles. The quantitative estimate of drug-likeness (QED) is 0.669. The van der Waals surface area contributed by atoms with Gasteiger partial charge in [0.2, 0.25) is 5.88 Å². The van der Waals surface area contributed by atoms with Crippen LogP contribution >= 0.6 is 11.3 Å². The molecule has 0 aromatic carbocycles. The predicted octanol–water partition coefficient (Wildman–Crippen LogP) is 1.46. The van der Waals surface area contributed by atoms with Crippen LogP contribution in [-0.4, -0.2) is 33.0 Å². The summed E-state index contributed by atoms with van der Waals surface area (Å²) >= 11 is 1.60. The van der Waals surface area contributed by atoms with Gasteiger partial charge in [0.15, 0.2) is 4.96 Å². The van der Waals surface area contributed by atoms with Crippen molar-refractivity contribution in [1.29, 1.82) is 0 Å². The number of ether oxygens (including phenoxy) is 1. The lowest BCUT2D eigenvalue weighted by Gasteiger charge is -2.04. The van der Waals surface area contributed by atoms with Gasteiger partial charge in [0.05, 0.1) is 7.11 Å². The van der Waals surface area contributed by atoms with Gasteiger partial charge in [0, 0.05) is 43.5 Å². The number of aromatic amines is 1. The summed E-state index contributed by atoms with van der Waals surface area (Å²) in [6, 6.07) is 0. The molecule has 2 N–H and O–H groups in total. The molecule has 19 heavy (non-hydrogen) atoms. The van der Waals surface area contributed by atoms with Crippen molar-refractivity contribution in [1.82, 2.24) is 24.7 Å². The van der Waals surface area contributed by atoms with Crippen molar-refractivity contribution in [2.24, 2.45) is 0 Å². The van der Waals surface area contributed by atoms with E-state index >= 15 is 0 Å². The second-order valence-electron chi connectivity index (χ2n) is 4.09. The third-order valence-corrected chi connectivity index (χ3v) is 3.66. The molecule has 0 aliphatic carbocycles. The Morgan fingerprint density at radius 1 is 1.53 bits per heavy atom. The Morgan fingerprint density at radius 3 is 3.26 bits per heavy atom. The normalized spacial score (nSPS) is 11.2. The molecule has 0 amide bonds. The first-order valence-electron chi connectivity index (χ1n) is 6.06. The first kappa shape index (κ1) is 12.2. The molecule has 7 heteroatoms. The van der Waals surface area contributed by atoms with Gasteiger partial charge in [-0.3, -0.25) is 4.40 Å². The fourth-order valence-corrected chi connectivity index (χ4v) is 2.71. The zero-order valence-electron chi connectivity index (χ0n) is 10.6. The molecule has 0 aliphatic rings. The summed E-state index contributed by atoms with van der Waals surface area (Å²) in [7, 11) is 1.65. The van der Waals surface area contributed by atoms with Crippen LogP contribution in [0.15, 0.2) is 24.0 Å². The maximum absolute atomic E-state index is 5.31. The third kappa shape index (κ3) is 2.47. The van der Waals surface area contributed by atoms with Crippen LogP contribution in [0, 0.1) is 0 Å². The number of nitrogens with zero attached hydrogens (tertiary/aromatic N) is 3. The van der Waals surface area contributed by atoms with Crippen molar-refractivity contribution < 1.29 is 4.74 Å². The minimum Gasteiger partial charge on any atom is -0.480 e. The predicted molar refractivity (Wildman–Crippen MR) is 73.6 cm³/mol. The monoisotopic (exact) mass is 277 g/mol. The van der Waals surface area contributed by atoms with Gasteiger partial charge in [-0.1, -0.05) is 0 Å². The van der Waals surface area contributed by atoms with Crippen LogP contribution in [0.1, 0.15) is 11.5 Å². The van der Waals surface area contributed by atoms with Crippen LogP contribution < -0.4 is 10.1 Å². The zero-order valence-corrected chi connectivity index (χ0v) is 11.4. The van der Waals surface area contributed by atoms with Gasteiger partial charge in [-0.15, -0.1) is 11.3 Å². The standard InChI is InChI=1S/C12H15N5OS/c1-18-11-9(17-6-7-19-12(17)16-11)8-13-3-2-10-14-4-5-15-10/h4-7,13H,2-3,8H2,1H3,(H,14,15). The molecule has 3 aromatic heterocycles. The van der Waals surface area contributed by atoms with Crippen LogP contribution in [0.4, 0.5) is 0 Å². The number of fused-ring (bicyclic) bond motifs is 1. The number of methoxy groups -OCH3 is 1. The van der Waals surface area contributed by atoms with Crippen molar-refractivity contribution in [3.05, 3.63) is 35.5 Å². The maximum atomic E-state index is 5.31. The fraction of sp³-hybridized carbons (Fsp3) is 0.333. The topological polar surface area (TPSA) is 67.2 Å². The van der Waals surface area contributed by atoms with Gasteiger partial charge in [-0.2, -0.15) is 4.98 Å². The molecule has 0 spiro atoms. The average molecular weight is 277 g/mol. The van der Waals surface area contributed by atoms with Crippen molar-refractivity contribution in [2.45, 2.75) is 13.0 Å². The molecule has 0 saturated heterocycles. The van der Waals surface area contributed by atoms with E-state index in [1.807, 2.05) is 17.8 Å². The van der Waals surface area contributed by atoms with Gasteiger partial charge in [0.1, 0.15) is 11.5 Å². The number of hydrogen-bond acceptors (Lipinski definition) is 5. The highest BCUT2D eigenvalue weighted by atomic mass is 32.1. The molecule has 6 nitrogen and oxygen atoms in total. The maximum Gasteiger partial charge on any atom is 0.237 e. The summed E-state index contributed by atoms with van der Waals surface area (Å²) in [5.74, 6) is 1.69. The van der Waals surface area contributed by atoms with Crippen molar-refractivity contribution in [2.75, 3.05) is 13.7 Å². The minimum atomic E-state index is 0.692. The number of H-pyrrole nitrogens is 1. The van der Waals surface area contributed by atoms with Crippen LogP contribution in [0.25, 0.3) is 4.96 Å². The van der Waals surface area contributed by atoms with E-state index in [1.165, 1.54) is 0 Å². The summed E-state index contributed by atoms with van der Waals surface area (Å²) in [6.07, 6.45) is 6.49. The second-order valence-corrected chi connectivity index (χ2v) is 4.96. The molecule has 0 unspecified atom stereocenters. The van der Waals surface area contributed by atoms with Crippen LogP contribution in [0.2, 0.25) is 0 Å². The van der Waals surface area contributed by atoms with Crippen LogP contribution in [-0.2, 0) is 13.0 Å². The SMILES string of the molecule is COc1nc2sccn2c1CNCCc1ncc[nH]1. The molecule has 0 fully saturated rings. The third-order valence-electron chi connectivity index (χ3n) is 2.90. The molecule has 0 saturated carbocycles. The van der Waals surface area contributed by atoms with E-state index in [-0.39, 0.29) is 0 Å². The number of imidazole rings is 2. The molecular formula is C12H15N5OS. The van der Waals surface area contributed by atoms with E-state index in [0.717, 1.165) is 36.0 Å². The van der Waals surface area contributed by atoms with Gasteiger partial charge < -0.3 is 15.0 Å². The lowest BCUT2D eigenvalue weighted by atomic mass is 10.3. The largest absolute Gasteiger partial charge is 0.480 e. The molecule has 0 bridgehead atoms. The Morgan fingerprint density at radius 2 is 2.47 bits per heavy atom. The molecular weight excluding hydrogens is 262 g/mol. The minimum absolute atomic E-state index is 0.692. The van der Waals surface area contributed by atoms with Gasteiger partial charge in [0.25, 0.3) is 0 Å². The summed E-state index contributed by atoms with van der Waals surface area (Å²) < 4.78 is 7.37. The van der Waals surface area contributed by atoms with Crippen molar-refractivity contribution in [3.8, 4) is 5.88 Å². The van der Waals surface area contributed by atoms with E-state index in [0.29, 0.717) is 5.88 Å². The van der Waals surface area contributed by atoms with E-state index in [1.54, 1.807) is 24.6 Å². The lowest BCUT2D eigenvalue weighted by molar-refractivity contribution is 0.393. The Kier molecular flexibility index (Phi) is 3.47. The number of aromatic nitrogens is 4. The average Bonchev–Trinajstić information content (AvgIpc) is 3.12. The van der Waals surface area contributed by atoms with Crippen molar-refractivity contribution in [3.63, 3.8) is 0 Å². The first-order valence-corrected chi connectivity index (χ1v) is 6.94. The van der Waals surface area contributed by atoms with E-state index < -0.39 is 0 Å². The van der Waals surface area contributed by atoms with Crippen molar-refractivity contribution >= 4 is 16.3 Å². The summed E-state index contributed by atoms with van der Waals surface area (Å²) in [4.78, 5) is 12.7. The van der Waals surface area contributed by atoms with Crippen LogP contribution in [0.3, 0.4) is 0 Å². The Hall–Kier alpha value is -1.86. The second kappa shape index (κ2) is 5.41. The molecule has 3 rings (SSSR count). The zero-order chi connectivity index (χ0) is 13.1. The summed E-state index contributed by atoms with van der Waals surface area (Å²) in [5, 5.41) is 5.41. The number of thiazole rings is 1. The van der Waals surface area contributed by atoms with Crippen LogP contribution in [0.5, 0.6) is 5.88 Å². The fourth-order valence-electron chi connectivity index (χ4n) is 1.99. The van der Waals surface area contributed by atoms with Gasteiger partial charge in [-0.05, 0) is 0 Å². The Labute approximate surface area is 114 Å². The summed E-state index contributed by atoms with van der Waals surface area (Å²) in [6.45, 7) is 1.58. The molecule has 0 aliphatic heterocycles. The Bertz CT molecular complexity index is 642. The molecule has 0 radical (unpaired) electrons. The molecule has 3 aromatic rings. The van der Waals surface area contributed by atoms with E-state index in [9.17, 15) is 0 Å². The summed E-state index contributed by atoms with van der Waals surface area (Å²) in [5.41, 5.74) is 1.05. The Balaban J connectivity index is 1.62. The highest BCUT2D eigenvalue weighted by Crippen LogP contribution is 2.22. The van der Waals surface area contributed by atoms with Gasteiger partial charge in [-0.25, -0.2) is 4.98 Å². The highest BCUT2D eigenvalue weighted by molar-refractivity contribution is 7.15. The number of rotatable bonds is 6. The molecule has 0 atom stereocenters. The highest BCUT2D eigenvalue weighted by Gasteiger charge is 2.12.